The number of aromatic nitrogens is 5. The largest absolute Gasteiger partial charge is 0.461 e. The lowest BCUT2D eigenvalue weighted by Crippen LogP contribution is -2.12. The average molecular weight is 278 g/mol. The van der Waals surface area contributed by atoms with Crippen LogP contribution in [0.5, 0.6) is 6.01 Å². The van der Waals surface area contributed by atoms with Gasteiger partial charge in [-0.2, -0.15) is 15.0 Å². The van der Waals surface area contributed by atoms with E-state index in [2.05, 4.69) is 26.9 Å². The normalized spacial score (nSPS) is 10.7. The minimum absolute atomic E-state index is 0.102. The zero-order valence-corrected chi connectivity index (χ0v) is 11.4. The number of anilines is 1. The van der Waals surface area contributed by atoms with Crippen LogP contribution < -0.4 is 10.5 Å². The number of unbranched alkanes of at least 4 members (excludes halogenated alkanes) is 1. The van der Waals surface area contributed by atoms with E-state index in [1.165, 1.54) is 0 Å². The fraction of sp³-hybridized carbons (Fsp3) is 0.500. The lowest BCUT2D eigenvalue weighted by atomic mass is 10.4. The summed E-state index contributed by atoms with van der Waals surface area (Å²) in [5, 5.41) is 0. The third-order valence-electron chi connectivity index (χ3n) is 2.46. The van der Waals surface area contributed by atoms with Crippen LogP contribution in [0.1, 0.15) is 19.8 Å². The molecule has 0 aliphatic rings. The predicted molar refractivity (Wildman–Crippen MR) is 72.6 cm³/mol. The molecule has 0 saturated heterocycles. The van der Waals surface area contributed by atoms with Gasteiger partial charge in [0.2, 0.25) is 11.9 Å². The molecular formula is C12H18N6O2. The summed E-state index contributed by atoms with van der Waals surface area (Å²) >= 11 is 0. The van der Waals surface area contributed by atoms with Crippen LogP contribution in [0.2, 0.25) is 0 Å². The van der Waals surface area contributed by atoms with E-state index in [4.69, 9.17) is 15.2 Å². The summed E-state index contributed by atoms with van der Waals surface area (Å²) in [7, 11) is 0. The topological polar surface area (TPSA) is 101 Å². The second kappa shape index (κ2) is 7.39. The molecule has 0 amide bonds. The van der Waals surface area contributed by atoms with E-state index in [1.54, 1.807) is 23.3 Å². The molecule has 8 heteroatoms. The molecule has 20 heavy (non-hydrogen) atoms. The maximum Gasteiger partial charge on any atom is 0.323 e. The van der Waals surface area contributed by atoms with Crippen LogP contribution in [0.15, 0.2) is 18.7 Å². The van der Waals surface area contributed by atoms with Gasteiger partial charge >= 0.3 is 6.01 Å². The zero-order valence-electron chi connectivity index (χ0n) is 11.4. The van der Waals surface area contributed by atoms with Crippen LogP contribution in [0.3, 0.4) is 0 Å². The highest BCUT2D eigenvalue weighted by Gasteiger charge is 2.06. The Kier molecular flexibility index (Phi) is 5.24. The maximum atomic E-state index is 5.63. The van der Waals surface area contributed by atoms with Crippen LogP contribution in [0.25, 0.3) is 5.95 Å². The van der Waals surface area contributed by atoms with Gasteiger partial charge in [-0.15, -0.1) is 0 Å². The van der Waals surface area contributed by atoms with E-state index in [9.17, 15) is 0 Å². The van der Waals surface area contributed by atoms with Gasteiger partial charge in [0.15, 0.2) is 0 Å². The molecule has 0 saturated carbocycles. The lowest BCUT2D eigenvalue weighted by Gasteiger charge is -2.07. The van der Waals surface area contributed by atoms with Crippen molar-refractivity contribution >= 4 is 5.95 Å². The van der Waals surface area contributed by atoms with Crippen LogP contribution in [0, 0.1) is 0 Å². The van der Waals surface area contributed by atoms with E-state index in [0.717, 1.165) is 19.4 Å². The smallest absolute Gasteiger partial charge is 0.323 e. The van der Waals surface area contributed by atoms with E-state index < -0.39 is 0 Å². The van der Waals surface area contributed by atoms with E-state index in [1.807, 2.05) is 0 Å². The van der Waals surface area contributed by atoms with Crippen molar-refractivity contribution in [1.29, 1.82) is 0 Å². The predicted octanol–water partition coefficient (Wildman–Crippen LogP) is 0.835. The van der Waals surface area contributed by atoms with Gasteiger partial charge < -0.3 is 15.2 Å². The van der Waals surface area contributed by atoms with Crippen molar-refractivity contribution in [2.45, 2.75) is 19.8 Å². The Bertz CT molecular complexity index is 517. The molecule has 2 rings (SSSR count). The molecule has 0 unspecified atom stereocenters. The van der Waals surface area contributed by atoms with Gasteiger partial charge in [0.1, 0.15) is 12.9 Å². The van der Waals surface area contributed by atoms with Gasteiger partial charge in [-0.1, -0.05) is 13.3 Å². The molecule has 0 aromatic carbocycles. The minimum atomic E-state index is 0.102. The molecular weight excluding hydrogens is 260 g/mol. The van der Waals surface area contributed by atoms with E-state index >= 15 is 0 Å². The van der Waals surface area contributed by atoms with Crippen molar-refractivity contribution in [3.63, 3.8) is 0 Å². The standard InChI is InChI=1S/C12H18N6O2/c1-2-3-6-19-7-8-20-12-16-10(13)15-11(17-12)18-5-4-14-9-18/h4-5,9H,2-3,6-8H2,1H3,(H2,13,15,16,17). The molecule has 2 aromatic heterocycles. The maximum absolute atomic E-state index is 5.63. The van der Waals surface area contributed by atoms with Crippen molar-refractivity contribution < 1.29 is 9.47 Å². The number of ether oxygens (including phenoxy) is 2. The first kappa shape index (κ1) is 14.2. The Hall–Kier alpha value is -2.22. The summed E-state index contributed by atoms with van der Waals surface area (Å²) in [5.41, 5.74) is 5.63. The Morgan fingerprint density at radius 2 is 2.10 bits per heavy atom. The fourth-order valence-electron chi connectivity index (χ4n) is 1.46. The van der Waals surface area contributed by atoms with Crippen LogP contribution in [-0.4, -0.2) is 44.3 Å². The van der Waals surface area contributed by atoms with Gasteiger partial charge in [-0.05, 0) is 6.42 Å². The summed E-state index contributed by atoms with van der Waals surface area (Å²) in [6.45, 7) is 3.72. The molecule has 2 aromatic rings. The molecule has 0 bridgehead atoms. The number of imidazole rings is 1. The molecule has 2 heterocycles. The van der Waals surface area contributed by atoms with Crippen LogP contribution in [-0.2, 0) is 4.74 Å². The Morgan fingerprint density at radius 3 is 2.85 bits per heavy atom. The fourth-order valence-corrected chi connectivity index (χ4v) is 1.46. The monoisotopic (exact) mass is 278 g/mol. The van der Waals surface area contributed by atoms with E-state index in [0.29, 0.717) is 19.2 Å². The summed E-state index contributed by atoms with van der Waals surface area (Å²) in [6, 6.07) is 0.181. The summed E-state index contributed by atoms with van der Waals surface area (Å²) in [4.78, 5) is 16.0. The van der Waals surface area contributed by atoms with Crippen molar-refractivity contribution in [3.8, 4) is 12.0 Å². The highest BCUT2D eigenvalue weighted by Crippen LogP contribution is 2.08. The lowest BCUT2D eigenvalue weighted by molar-refractivity contribution is 0.0947. The second-order valence-corrected chi connectivity index (χ2v) is 4.06. The van der Waals surface area contributed by atoms with Gasteiger partial charge in [-0.25, -0.2) is 4.98 Å². The number of hydrogen-bond acceptors (Lipinski definition) is 7. The second-order valence-electron chi connectivity index (χ2n) is 4.06. The third kappa shape index (κ3) is 4.16. The molecule has 0 fully saturated rings. The number of hydrogen-bond donors (Lipinski definition) is 1. The SMILES string of the molecule is CCCCOCCOc1nc(N)nc(-n2ccnc2)n1. The highest BCUT2D eigenvalue weighted by molar-refractivity contribution is 5.24. The summed E-state index contributed by atoms with van der Waals surface area (Å²) in [5.74, 6) is 0.475. The Balaban J connectivity index is 1.88. The molecule has 108 valence electrons. The van der Waals surface area contributed by atoms with Crippen molar-refractivity contribution in [3.05, 3.63) is 18.7 Å². The zero-order chi connectivity index (χ0) is 14.2. The van der Waals surface area contributed by atoms with Gasteiger partial charge in [0.05, 0.1) is 6.61 Å². The third-order valence-corrected chi connectivity index (χ3v) is 2.46. The summed E-state index contributed by atoms with van der Waals surface area (Å²) in [6.07, 6.45) is 7.07. The highest BCUT2D eigenvalue weighted by atomic mass is 16.5. The number of rotatable bonds is 8. The molecule has 0 aliphatic carbocycles. The minimum Gasteiger partial charge on any atom is -0.461 e. The van der Waals surface area contributed by atoms with Crippen LogP contribution >= 0.6 is 0 Å². The molecule has 0 aliphatic heterocycles. The Labute approximate surface area is 117 Å². The first-order valence-corrected chi connectivity index (χ1v) is 6.50. The molecule has 2 N–H and O–H groups in total. The number of nitrogen functional groups attached to an aromatic ring is 1. The van der Waals surface area contributed by atoms with Crippen molar-refractivity contribution in [1.82, 2.24) is 24.5 Å². The van der Waals surface area contributed by atoms with Crippen molar-refractivity contribution in [2.24, 2.45) is 0 Å². The van der Waals surface area contributed by atoms with Crippen molar-refractivity contribution in [2.75, 3.05) is 25.6 Å². The summed E-state index contributed by atoms with van der Waals surface area (Å²) < 4.78 is 12.4. The Morgan fingerprint density at radius 1 is 1.20 bits per heavy atom. The molecule has 0 radical (unpaired) electrons. The van der Waals surface area contributed by atoms with Gasteiger partial charge in [-0.3, -0.25) is 4.57 Å². The van der Waals surface area contributed by atoms with Gasteiger partial charge in [0.25, 0.3) is 0 Å². The molecule has 0 atom stereocenters. The first-order valence-electron chi connectivity index (χ1n) is 6.50. The quantitative estimate of drug-likeness (QED) is 0.714. The molecule has 0 spiro atoms. The van der Waals surface area contributed by atoms with Gasteiger partial charge in [0, 0.05) is 19.0 Å². The molecule has 8 nitrogen and oxygen atoms in total. The van der Waals surface area contributed by atoms with E-state index in [-0.39, 0.29) is 12.0 Å². The van der Waals surface area contributed by atoms with Crippen LogP contribution in [0.4, 0.5) is 5.95 Å². The number of nitrogens with zero attached hydrogens (tertiary/aromatic N) is 5. The number of nitrogens with two attached hydrogens (primary N) is 1. The first-order chi connectivity index (χ1) is 9.79. The average Bonchev–Trinajstić information content (AvgIpc) is 2.96.